The Morgan fingerprint density at radius 2 is 0.423 bits per heavy atom. The standard InChI is InChI=1S/C72H138O6/c1-4-7-10-13-16-19-22-25-28-31-33-35-36-37-39-41-44-47-50-53-56-59-62-65-71(74)77-68-69(67-76-70(73)64-61-58-55-52-49-46-43-40-30-27-24-21-18-15-12-9-6-3)78-72(75)66-63-60-57-54-51-48-45-42-38-34-32-29-26-23-20-17-14-11-8-5-2/h27,30,69H,4-26,28-29,31-68H2,1-3H3/b30-27-. The molecule has 0 aliphatic heterocycles. The molecular formula is C72H138O6. The molecule has 0 aromatic heterocycles. The molecule has 0 aromatic carbocycles. The Morgan fingerprint density at radius 1 is 0.244 bits per heavy atom. The van der Waals surface area contributed by atoms with Gasteiger partial charge in [-0.05, 0) is 44.9 Å². The van der Waals surface area contributed by atoms with Crippen molar-refractivity contribution in [3.05, 3.63) is 12.2 Å². The highest BCUT2D eigenvalue weighted by molar-refractivity contribution is 5.71. The highest BCUT2D eigenvalue weighted by atomic mass is 16.6. The van der Waals surface area contributed by atoms with Gasteiger partial charge in [0.15, 0.2) is 6.10 Å². The van der Waals surface area contributed by atoms with Crippen LogP contribution in [0.2, 0.25) is 0 Å². The van der Waals surface area contributed by atoms with Crippen LogP contribution in [0.3, 0.4) is 0 Å². The summed E-state index contributed by atoms with van der Waals surface area (Å²) in [6.45, 7) is 6.73. The van der Waals surface area contributed by atoms with Gasteiger partial charge in [0.2, 0.25) is 0 Å². The van der Waals surface area contributed by atoms with Crippen LogP contribution in [0.5, 0.6) is 0 Å². The van der Waals surface area contributed by atoms with Gasteiger partial charge in [-0.2, -0.15) is 0 Å². The third-order valence-corrected chi connectivity index (χ3v) is 16.5. The van der Waals surface area contributed by atoms with Gasteiger partial charge in [-0.15, -0.1) is 0 Å². The first-order valence-corrected chi connectivity index (χ1v) is 35.7. The molecule has 0 saturated carbocycles. The molecule has 1 unspecified atom stereocenters. The van der Waals surface area contributed by atoms with E-state index in [0.29, 0.717) is 19.3 Å². The second kappa shape index (κ2) is 67.7. The minimum atomic E-state index is -0.768. The molecule has 0 amide bonds. The Labute approximate surface area is 488 Å². The van der Waals surface area contributed by atoms with E-state index in [-0.39, 0.29) is 31.1 Å². The van der Waals surface area contributed by atoms with Crippen molar-refractivity contribution in [3.8, 4) is 0 Å². The molecule has 78 heavy (non-hydrogen) atoms. The summed E-state index contributed by atoms with van der Waals surface area (Å²) in [5, 5.41) is 0. The molecule has 0 rings (SSSR count). The molecule has 0 N–H and O–H groups in total. The molecule has 0 bridgehead atoms. The lowest BCUT2D eigenvalue weighted by Gasteiger charge is -2.18. The lowest BCUT2D eigenvalue weighted by Crippen LogP contribution is -2.30. The number of hydrogen-bond donors (Lipinski definition) is 0. The summed E-state index contributed by atoms with van der Waals surface area (Å²) in [5.74, 6) is -0.831. The van der Waals surface area contributed by atoms with Crippen molar-refractivity contribution in [2.24, 2.45) is 0 Å². The Bertz CT molecular complexity index is 1210. The minimum absolute atomic E-state index is 0.0641. The molecule has 0 spiro atoms. The fraction of sp³-hybridized carbons (Fsp3) is 0.931. The number of esters is 3. The number of hydrogen-bond acceptors (Lipinski definition) is 6. The zero-order valence-electron chi connectivity index (χ0n) is 53.2. The van der Waals surface area contributed by atoms with Crippen LogP contribution in [0.4, 0.5) is 0 Å². The SMILES string of the molecule is CCCCCCCC/C=C\CCCCCCCCCC(=O)OCC(COC(=O)CCCCCCCCCCCCCCCCCCCCCCCCC)OC(=O)CCCCCCCCCCCCCCCCCCCCCC. The summed E-state index contributed by atoms with van der Waals surface area (Å²) in [5.41, 5.74) is 0. The lowest BCUT2D eigenvalue weighted by molar-refractivity contribution is -0.167. The summed E-state index contributed by atoms with van der Waals surface area (Å²) in [7, 11) is 0. The van der Waals surface area contributed by atoms with Crippen LogP contribution >= 0.6 is 0 Å². The summed E-state index contributed by atoms with van der Waals surface area (Å²) < 4.78 is 17.0. The lowest BCUT2D eigenvalue weighted by atomic mass is 10.0. The number of ether oxygens (including phenoxy) is 3. The Morgan fingerprint density at radius 3 is 0.641 bits per heavy atom. The minimum Gasteiger partial charge on any atom is -0.462 e. The van der Waals surface area contributed by atoms with Crippen molar-refractivity contribution >= 4 is 17.9 Å². The third kappa shape index (κ3) is 65.0. The van der Waals surface area contributed by atoms with Crippen LogP contribution < -0.4 is 0 Å². The van der Waals surface area contributed by atoms with Crippen LogP contribution in [-0.4, -0.2) is 37.2 Å². The fourth-order valence-corrected chi connectivity index (χ4v) is 11.2. The topological polar surface area (TPSA) is 78.9 Å². The van der Waals surface area contributed by atoms with Crippen LogP contribution in [0.25, 0.3) is 0 Å². The number of carbonyl (C=O) groups excluding carboxylic acids is 3. The van der Waals surface area contributed by atoms with Crippen molar-refractivity contribution < 1.29 is 28.6 Å². The van der Waals surface area contributed by atoms with Crippen LogP contribution in [0, 0.1) is 0 Å². The quantitative estimate of drug-likeness (QED) is 0.0261. The van der Waals surface area contributed by atoms with E-state index in [1.54, 1.807) is 0 Å². The molecule has 1 atom stereocenters. The van der Waals surface area contributed by atoms with E-state index in [9.17, 15) is 14.4 Å². The molecule has 0 saturated heterocycles. The fourth-order valence-electron chi connectivity index (χ4n) is 11.2. The van der Waals surface area contributed by atoms with E-state index in [0.717, 1.165) is 57.8 Å². The predicted molar refractivity (Wildman–Crippen MR) is 340 cm³/mol. The molecule has 0 heterocycles. The largest absolute Gasteiger partial charge is 0.462 e. The van der Waals surface area contributed by atoms with Crippen molar-refractivity contribution in [1.82, 2.24) is 0 Å². The maximum Gasteiger partial charge on any atom is 0.306 e. The molecule has 0 fully saturated rings. The van der Waals surface area contributed by atoms with Crippen LogP contribution in [0.1, 0.15) is 412 Å². The second-order valence-corrected chi connectivity index (χ2v) is 24.5. The maximum absolute atomic E-state index is 13.0. The van der Waals surface area contributed by atoms with E-state index < -0.39 is 6.10 Å². The Balaban J connectivity index is 4.27. The van der Waals surface area contributed by atoms with Gasteiger partial charge >= 0.3 is 17.9 Å². The van der Waals surface area contributed by atoms with Crippen LogP contribution in [0.15, 0.2) is 12.2 Å². The number of rotatable bonds is 67. The molecule has 6 heteroatoms. The average molecular weight is 1100 g/mol. The normalized spacial score (nSPS) is 12.0. The number of allylic oxidation sites excluding steroid dienone is 2. The van der Waals surface area contributed by atoms with Crippen LogP contribution in [-0.2, 0) is 28.6 Å². The van der Waals surface area contributed by atoms with Crippen molar-refractivity contribution in [2.75, 3.05) is 13.2 Å². The molecule has 0 aliphatic rings. The van der Waals surface area contributed by atoms with Crippen molar-refractivity contribution in [2.45, 2.75) is 419 Å². The number of carbonyl (C=O) groups is 3. The monoisotopic (exact) mass is 1100 g/mol. The van der Waals surface area contributed by atoms with Gasteiger partial charge in [0.05, 0.1) is 0 Å². The summed E-state index contributed by atoms with van der Waals surface area (Å²) in [4.78, 5) is 38.5. The van der Waals surface area contributed by atoms with Gasteiger partial charge in [-0.1, -0.05) is 360 Å². The molecule has 462 valence electrons. The third-order valence-electron chi connectivity index (χ3n) is 16.5. The van der Waals surface area contributed by atoms with Gasteiger partial charge in [0.1, 0.15) is 13.2 Å². The van der Waals surface area contributed by atoms with Crippen molar-refractivity contribution in [1.29, 1.82) is 0 Å². The van der Waals surface area contributed by atoms with Gasteiger partial charge in [-0.25, -0.2) is 0 Å². The number of unbranched alkanes of at least 4 members (excludes halogenated alkanes) is 54. The van der Waals surface area contributed by atoms with Gasteiger partial charge in [-0.3, -0.25) is 14.4 Å². The van der Waals surface area contributed by atoms with E-state index in [2.05, 4.69) is 32.9 Å². The molecule has 0 aromatic rings. The Hall–Kier alpha value is -1.85. The Kier molecular flexibility index (Phi) is 66.0. The molecule has 0 radical (unpaired) electrons. The first kappa shape index (κ1) is 76.1. The molecule has 6 nitrogen and oxygen atoms in total. The summed E-state index contributed by atoms with van der Waals surface area (Å²) in [6.07, 6.45) is 80.9. The van der Waals surface area contributed by atoms with E-state index in [1.807, 2.05) is 0 Å². The second-order valence-electron chi connectivity index (χ2n) is 24.5. The van der Waals surface area contributed by atoms with E-state index in [4.69, 9.17) is 14.2 Å². The molecular weight excluding hydrogens is 961 g/mol. The maximum atomic E-state index is 13.0. The zero-order valence-corrected chi connectivity index (χ0v) is 53.2. The zero-order chi connectivity index (χ0) is 56.4. The first-order chi connectivity index (χ1) is 38.5. The summed E-state index contributed by atoms with van der Waals surface area (Å²) in [6, 6.07) is 0. The van der Waals surface area contributed by atoms with E-state index >= 15 is 0 Å². The average Bonchev–Trinajstić information content (AvgIpc) is 3.44. The molecule has 0 aliphatic carbocycles. The summed E-state index contributed by atoms with van der Waals surface area (Å²) >= 11 is 0. The smallest absolute Gasteiger partial charge is 0.306 e. The highest BCUT2D eigenvalue weighted by Crippen LogP contribution is 2.19. The van der Waals surface area contributed by atoms with Crippen molar-refractivity contribution in [3.63, 3.8) is 0 Å². The highest BCUT2D eigenvalue weighted by Gasteiger charge is 2.19. The van der Waals surface area contributed by atoms with Gasteiger partial charge in [0.25, 0.3) is 0 Å². The predicted octanol–water partition coefficient (Wildman–Crippen LogP) is 24.4. The first-order valence-electron chi connectivity index (χ1n) is 35.7. The van der Waals surface area contributed by atoms with Gasteiger partial charge in [0, 0.05) is 19.3 Å². The van der Waals surface area contributed by atoms with E-state index in [1.165, 1.54) is 315 Å². The van der Waals surface area contributed by atoms with Gasteiger partial charge < -0.3 is 14.2 Å².